The number of aromatic nitrogens is 2. The van der Waals surface area contributed by atoms with E-state index in [1.165, 1.54) is 0 Å². The molecule has 2 rings (SSSR count). The minimum absolute atomic E-state index is 0.126. The van der Waals surface area contributed by atoms with E-state index in [0.717, 1.165) is 17.2 Å². The van der Waals surface area contributed by atoms with Crippen LogP contribution in [0.4, 0.5) is 0 Å². The Kier molecular flexibility index (Phi) is 3.33. The zero-order valence-electron chi connectivity index (χ0n) is 10.6. The summed E-state index contributed by atoms with van der Waals surface area (Å²) in [6.07, 6.45) is 2.69. The number of hydrogen-bond donors (Lipinski definition) is 1. The monoisotopic (exact) mass is 233 g/mol. The molecular formula is C13H19N3O. The van der Waals surface area contributed by atoms with Crippen LogP contribution in [-0.4, -0.2) is 9.78 Å². The zero-order valence-corrected chi connectivity index (χ0v) is 10.6. The average Bonchev–Trinajstić information content (AvgIpc) is 2.86. The summed E-state index contributed by atoms with van der Waals surface area (Å²) in [4.78, 5) is 0. The molecule has 92 valence electrons. The van der Waals surface area contributed by atoms with Crippen LogP contribution in [0.3, 0.4) is 0 Å². The van der Waals surface area contributed by atoms with E-state index in [4.69, 9.17) is 10.2 Å². The second-order valence-corrected chi connectivity index (χ2v) is 4.64. The third-order valence-corrected chi connectivity index (χ3v) is 2.75. The Morgan fingerprint density at radius 2 is 2.12 bits per heavy atom. The number of nitrogens with two attached hydrogens (primary N) is 1. The first-order valence-electron chi connectivity index (χ1n) is 5.92. The Morgan fingerprint density at radius 3 is 2.65 bits per heavy atom. The molecule has 4 nitrogen and oxygen atoms in total. The normalized spacial score (nSPS) is 13.2. The summed E-state index contributed by atoms with van der Waals surface area (Å²) in [5.74, 6) is 1.71. The molecule has 0 spiro atoms. The second kappa shape index (κ2) is 4.75. The lowest BCUT2D eigenvalue weighted by molar-refractivity contribution is 0.441. The molecule has 0 fully saturated rings. The second-order valence-electron chi connectivity index (χ2n) is 4.64. The van der Waals surface area contributed by atoms with Gasteiger partial charge in [-0.3, -0.25) is 4.68 Å². The summed E-state index contributed by atoms with van der Waals surface area (Å²) in [7, 11) is 0. The molecular weight excluding hydrogens is 214 g/mol. The van der Waals surface area contributed by atoms with Gasteiger partial charge in [0, 0.05) is 18.7 Å². The van der Waals surface area contributed by atoms with Gasteiger partial charge in [0.15, 0.2) is 0 Å². The highest BCUT2D eigenvalue weighted by Gasteiger charge is 2.13. The van der Waals surface area contributed by atoms with Crippen molar-refractivity contribution < 1.29 is 4.42 Å². The number of aryl methyl sites for hydroxylation is 1. The van der Waals surface area contributed by atoms with Crippen molar-refractivity contribution in [1.29, 1.82) is 0 Å². The van der Waals surface area contributed by atoms with E-state index in [1.807, 2.05) is 36.0 Å². The van der Waals surface area contributed by atoms with Crippen LogP contribution in [0, 0.1) is 6.92 Å². The number of furan rings is 1. The molecule has 2 N–H and O–H groups in total. The van der Waals surface area contributed by atoms with Gasteiger partial charge >= 0.3 is 0 Å². The molecule has 2 heterocycles. The Morgan fingerprint density at radius 1 is 1.35 bits per heavy atom. The molecule has 0 radical (unpaired) electrons. The third kappa shape index (κ3) is 2.77. The Hall–Kier alpha value is -1.55. The highest BCUT2D eigenvalue weighted by molar-refractivity contribution is 5.12. The van der Waals surface area contributed by atoms with Gasteiger partial charge in [-0.2, -0.15) is 5.10 Å². The molecule has 0 saturated carbocycles. The first kappa shape index (κ1) is 11.9. The van der Waals surface area contributed by atoms with E-state index in [1.54, 1.807) is 0 Å². The van der Waals surface area contributed by atoms with Gasteiger partial charge < -0.3 is 10.2 Å². The number of rotatable bonds is 4. The standard InChI is InChI=1S/C13H19N3O/c1-9(2)16-7-6-11(15-16)8-12(14)13-5-4-10(3)17-13/h4-7,9,12H,8,14H2,1-3H3. The molecule has 0 saturated heterocycles. The van der Waals surface area contributed by atoms with Crippen molar-refractivity contribution >= 4 is 0 Å². The lowest BCUT2D eigenvalue weighted by Crippen LogP contribution is -2.13. The van der Waals surface area contributed by atoms with Gasteiger partial charge in [-0.05, 0) is 39.0 Å². The quantitative estimate of drug-likeness (QED) is 0.883. The van der Waals surface area contributed by atoms with Gasteiger partial charge in [0.25, 0.3) is 0 Å². The van der Waals surface area contributed by atoms with Crippen LogP contribution in [0.5, 0.6) is 0 Å². The van der Waals surface area contributed by atoms with Crippen molar-refractivity contribution in [2.75, 3.05) is 0 Å². The number of hydrogen-bond acceptors (Lipinski definition) is 3. The van der Waals surface area contributed by atoms with Crippen LogP contribution in [0.2, 0.25) is 0 Å². The predicted octanol–water partition coefficient (Wildman–Crippen LogP) is 2.61. The van der Waals surface area contributed by atoms with Gasteiger partial charge in [-0.15, -0.1) is 0 Å². The molecule has 1 atom stereocenters. The maximum absolute atomic E-state index is 6.08. The van der Waals surface area contributed by atoms with Gasteiger partial charge in [-0.1, -0.05) is 0 Å². The fourth-order valence-electron chi connectivity index (χ4n) is 1.75. The summed E-state index contributed by atoms with van der Waals surface area (Å²) in [5, 5.41) is 4.48. The van der Waals surface area contributed by atoms with Crippen molar-refractivity contribution in [3.05, 3.63) is 41.6 Å². The van der Waals surface area contributed by atoms with E-state index < -0.39 is 0 Å². The van der Waals surface area contributed by atoms with Crippen LogP contribution in [0.15, 0.2) is 28.8 Å². The van der Waals surface area contributed by atoms with Crippen LogP contribution >= 0.6 is 0 Å². The summed E-state index contributed by atoms with van der Waals surface area (Å²) >= 11 is 0. The van der Waals surface area contributed by atoms with Crippen LogP contribution in [-0.2, 0) is 6.42 Å². The molecule has 0 aliphatic carbocycles. The predicted molar refractivity (Wildman–Crippen MR) is 66.7 cm³/mol. The van der Waals surface area contributed by atoms with Gasteiger partial charge in [0.2, 0.25) is 0 Å². The molecule has 0 aromatic carbocycles. The molecule has 0 bridgehead atoms. The fourth-order valence-corrected chi connectivity index (χ4v) is 1.75. The lowest BCUT2D eigenvalue weighted by atomic mass is 10.1. The minimum atomic E-state index is -0.126. The minimum Gasteiger partial charge on any atom is -0.465 e. The van der Waals surface area contributed by atoms with Crippen molar-refractivity contribution in [3.8, 4) is 0 Å². The summed E-state index contributed by atoms with van der Waals surface area (Å²) in [6, 6.07) is 6.13. The molecule has 17 heavy (non-hydrogen) atoms. The van der Waals surface area contributed by atoms with Gasteiger partial charge in [-0.25, -0.2) is 0 Å². The summed E-state index contributed by atoms with van der Waals surface area (Å²) in [6.45, 7) is 6.13. The third-order valence-electron chi connectivity index (χ3n) is 2.75. The SMILES string of the molecule is Cc1ccc(C(N)Cc2ccn(C(C)C)n2)o1. The molecule has 0 aliphatic rings. The van der Waals surface area contributed by atoms with Crippen molar-refractivity contribution in [2.24, 2.45) is 5.73 Å². The molecule has 0 aliphatic heterocycles. The largest absolute Gasteiger partial charge is 0.465 e. The van der Waals surface area contributed by atoms with E-state index in [2.05, 4.69) is 18.9 Å². The zero-order chi connectivity index (χ0) is 12.4. The molecule has 2 aromatic rings. The molecule has 1 unspecified atom stereocenters. The average molecular weight is 233 g/mol. The van der Waals surface area contributed by atoms with Gasteiger partial charge in [0.05, 0.1) is 11.7 Å². The number of nitrogens with zero attached hydrogens (tertiary/aromatic N) is 2. The van der Waals surface area contributed by atoms with E-state index in [-0.39, 0.29) is 6.04 Å². The first-order chi connectivity index (χ1) is 8.06. The van der Waals surface area contributed by atoms with Crippen LogP contribution in [0.25, 0.3) is 0 Å². The topological polar surface area (TPSA) is 57.0 Å². The molecule has 2 aromatic heterocycles. The highest BCUT2D eigenvalue weighted by Crippen LogP contribution is 2.18. The lowest BCUT2D eigenvalue weighted by Gasteiger charge is -2.07. The van der Waals surface area contributed by atoms with E-state index >= 15 is 0 Å². The van der Waals surface area contributed by atoms with Crippen molar-refractivity contribution in [2.45, 2.75) is 39.3 Å². The molecule has 0 amide bonds. The summed E-state index contributed by atoms with van der Waals surface area (Å²) < 4.78 is 7.45. The smallest absolute Gasteiger partial charge is 0.121 e. The van der Waals surface area contributed by atoms with E-state index in [0.29, 0.717) is 12.5 Å². The Bertz CT molecular complexity index is 484. The van der Waals surface area contributed by atoms with Gasteiger partial charge in [0.1, 0.15) is 11.5 Å². The van der Waals surface area contributed by atoms with Crippen LogP contribution < -0.4 is 5.73 Å². The fraction of sp³-hybridized carbons (Fsp3) is 0.462. The molecule has 4 heteroatoms. The maximum Gasteiger partial charge on any atom is 0.121 e. The summed E-state index contributed by atoms with van der Waals surface area (Å²) in [5.41, 5.74) is 7.08. The first-order valence-corrected chi connectivity index (χ1v) is 5.92. The van der Waals surface area contributed by atoms with Crippen molar-refractivity contribution in [1.82, 2.24) is 9.78 Å². The van der Waals surface area contributed by atoms with Crippen molar-refractivity contribution in [3.63, 3.8) is 0 Å². The Balaban J connectivity index is 2.05. The maximum atomic E-state index is 6.08. The van der Waals surface area contributed by atoms with Crippen LogP contribution in [0.1, 0.15) is 43.1 Å². The van der Waals surface area contributed by atoms with E-state index in [9.17, 15) is 0 Å². The highest BCUT2D eigenvalue weighted by atomic mass is 16.3. The Labute approximate surface area is 101 Å².